The van der Waals surface area contributed by atoms with Crippen LogP contribution < -0.4 is 5.32 Å². The number of carbonyl (C=O) groups excluding carboxylic acids is 1. The van der Waals surface area contributed by atoms with E-state index in [4.69, 9.17) is 4.74 Å². The molecule has 1 amide bonds. The predicted molar refractivity (Wildman–Crippen MR) is 74.3 cm³/mol. The molecule has 1 N–H and O–H groups in total. The van der Waals surface area contributed by atoms with Crippen LogP contribution in [0.2, 0.25) is 0 Å². The van der Waals surface area contributed by atoms with E-state index >= 15 is 0 Å². The molecule has 2 heterocycles. The molecule has 0 spiro atoms. The summed E-state index contributed by atoms with van der Waals surface area (Å²) in [6, 6.07) is 3.84. The van der Waals surface area contributed by atoms with Gasteiger partial charge in [-0.3, -0.25) is 4.79 Å². The molecule has 5 nitrogen and oxygen atoms in total. The fraction of sp³-hybridized carbons (Fsp3) is 0.571. The monoisotopic (exact) mass is 263 g/mol. The van der Waals surface area contributed by atoms with Gasteiger partial charge >= 0.3 is 0 Å². The molecule has 0 saturated carbocycles. The highest BCUT2D eigenvalue weighted by Gasteiger charge is 2.25. The lowest BCUT2D eigenvalue weighted by Gasteiger charge is -2.22. The summed E-state index contributed by atoms with van der Waals surface area (Å²) in [5.41, 5.74) is 1.43. The van der Waals surface area contributed by atoms with Gasteiger partial charge in [0, 0.05) is 20.2 Å². The molecule has 1 aromatic rings. The average Bonchev–Trinajstić information content (AvgIpc) is 2.98. The molecule has 1 atom stereocenters. The molecule has 0 aliphatic carbocycles. The van der Waals surface area contributed by atoms with E-state index in [1.54, 1.807) is 17.2 Å². The minimum absolute atomic E-state index is 0.0439. The quantitative estimate of drug-likeness (QED) is 0.879. The van der Waals surface area contributed by atoms with Crippen LogP contribution in [0.5, 0.6) is 0 Å². The van der Waals surface area contributed by atoms with Gasteiger partial charge in [0.05, 0.1) is 24.5 Å². The van der Waals surface area contributed by atoms with Gasteiger partial charge in [0.1, 0.15) is 5.69 Å². The average molecular weight is 263 g/mol. The van der Waals surface area contributed by atoms with Crippen LogP contribution in [0.4, 0.5) is 5.69 Å². The summed E-state index contributed by atoms with van der Waals surface area (Å²) in [4.78, 5) is 18.2. The zero-order chi connectivity index (χ0) is 13.7. The van der Waals surface area contributed by atoms with Crippen LogP contribution in [0.3, 0.4) is 0 Å². The number of pyridine rings is 1. The van der Waals surface area contributed by atoms with Crippen LogP contribution >= 0.6 is 0 Å². The summed E-state index contributed by atoms with van der Waals surface area (Å²) in [6.07, 6.45) is 3.67. The Hall–Kier alpha value is -1.62. The van der Waals surface area contributed by atoms with Crippen LogP contribution in [0.1, 0.15) is 30.3 Å². The van der Waals surface area contributed by atoms with Crippen molar-refractivity contribution in [2.45, 2.75) is 25.8 Å². The van der Waals surface area contributed by atoms with E-state index in [1.165, 1.54) is 0 Å². The maximum Gasteiger partial charge on any atom is 0.272 e. The smallest absolute Gasteiger partial charge is 0.272 e. The van der Waals surface area contributed by atoms with Crippen molar-refractivity contribution in [1.29, 1.82) is 0 Å². The summed E-state index contributed by atoms with van der Waals surface area (Å²) in [6.45, 7) is 4.37. The molecule has 104 valence electrons. The molecule has 1 fully saturated rings. The van der Waals surface area contributed by atoms with E-state index in [1.807, 2.05) is 13.1 Å². The fourth-order valence-corrected chi connectivity index (χ4v) is 2.07. The first-order valence-electron chi connectivity index (χ1n) is 6.77. The van der Waals surface area contributed by atoms with Crippen molar-refractivity contribution in [2.24, 2.45) is 0 Å². The minimum atomic E-state index is -0.0439. The van der Waals surface area contributed by atoms with Gasteiger partial charge in [-0.15, -0.1) is 0 Å². The van der Waals surface area contributed by atoms with Crippen molar-refractivity contribution in [3.8, 4) is 0 Å². The van der Waals surface area contributed by atoms with Crippen molar-refractivity contribution < 1.29 is 9.53 Å². The van der Waals surface area contributed by atoms with Crippen molar-refractivity contribution in [3.63, 3.8) is 0 Å². The number of ether oxygens (including phenoxy) is 1. The highest BCUT2D eigenvalue weighted by atomic mass is 16.5. The normalized spacial score (nSPS) is 18.3. The Labute approximate surface area is 114 Å². The Morgan fingerprint density at radius 3 is 3.00 bits per heavy atom. The molecule has 0 radical (unpaired) electrons. The Balaban J connectivity index is 1.98. The summed E-state index contributed by atoms with van der Waals surface area (Å²) < 4.78 is 5.30. The van der Waals surface area contributed by atoms with Crippen LogP contribution in [0.15, 0.2) is 18.3 Å². The van der Waals surface area contributed by atoms with Crippen molar-refractivity contribution in [3.05, 3.63) is 24.0 Å². The molecule has 0 bridgehead atoms. The fourth-order valence-electron chi connectivity index (χ4n) is 2.07. The molecule has 1 aliphatic heterocycles. The van der Waals surface area contributed by atoms with Crippen LogP contribution in [0, 0.1) is 0 Å². The molecule has 19 heavy (non-hydrogen) atoms. The second-order valence-electron chi connectivity index (χ2n) is 4.79. The van der Waals surface area contributed by atoms with Gasteiger partial charge in [-0.25, -0.2) is 4.98 Å². The maximum atomic E-state index is 12.2. The SMILES string of the molecule is CCCNc1ccc(C(=O)N(C)C2CCOC2)nc1. The van der Waals surface area contributed by atoms with Crippen LogP contribution in [-0.4, -0.2) is 48.6 Å². The first-order valence-corrected chi connectivity index (χ1v) is 6.77. The van der Waals surface area contributed by atoms with Crippen molar-refractivity contribution >= 4 is 11.6 Å². The third kappa shape index (κ3) is 3.44. The molecule has 5 heteroatoms. The Bertz CT molecular complexity index is 413. The number of hydrogen-bond acceptors (Lipinski definition) is 4. The number of anilines is 1. The Morgan fingerprint density at radius 2 is 2.42 bits per heavy atom. The lowest BCUT2D eigenvalue weighted by Crippen LogP contribution is -2.37. The molecule has 1 aromatic heterocycles. The number of nitrogens with zero attached hydrogens (tertiary/aromatic N) is 2. The van der Waals surface area contributed by atoms with Gasteiger partial charge in [0.15, 0.2) is 0 Å². The van der Waals surface area contributed by atoms with Gasteiger partial charge in [0.25, 0.3) is 5.91 Å². The predicted octanol–water partition coefficient (Wildman–Crippen LogP) is 1.76. The number of likely N-dealkylation sites (N-methyl/N-ethyl adjacent to an activating group) is 1. The number of aromatic nitrogens is 1. The standard InChI is InChI=1S/C14H21N3O2/c1-3-7-15-11-4-5-13(16-9-11)14(18)17(2)12-6-8-19-10-12/h4-5,9,12,15H,3,6-8,10H2,1-2H3. The number of nitrogens with one attached hydrogen (secondary N) is 1. The number of carbonyl (C=O) groups is 1. The molecule has 1 saturated heterocycles. The van der Waals surface area contributed by atoms with E-state index < -0.39 is 0 Å². The molecule has 1 unspecified atom stereocenters. The van der Waals surface area contributed by atoms with E-state index in [9.17, 15) is 4.79 Å². The lowest BCUT2D eigenvalue weighted by molar-refractivity contribution is 0.0705. The van der Waals surface area contributed by atoms with Crippen LogP contribution in [0.25, 0.3) is 0 Å². The molecular weight excluding hydrogens is 242 g/mol. The number of rotatable bonds is 5. The Morgan fingerprint density at radius 1 is 1.58 bits per heavy atom. The van der Waals surface area contributed by atoms with E-state index in [0.717, 1.165) is 31.7 Å². The van der Waals surface area contributed by atoms with Gasteiger partial charge in [-0.1, -0.05) is 6.92 Å². The van der Waals surface area contributed by atoms with Crippen LogP contribution in [-0.2, 0) is 4.74 Å². The Kier molecular flexibility index (Phi) is 4.74. The largest absolute Gasteiger partial charge is 0.384 e. The first kappa shape index (κ1) is 13.8. The second kappa shape index (κ2) is 6.52. The zero-order valence-electron chi connectivity index (χ0n) is 11.6. The van der Waals surface area contributed by atoms with E-state index in [2.05, 4.69) is 17.2 Å². The summed E-state index contributed by atoms with van der Waals surface area (Å²) in [5, 5.41) is 3.24. The van der Waals surface area contributed by atoms with Crippen molar-refractivity contribution in [2.75, 3.05) is 32.1 Å². The highest BCUT2D eigenvalue weighted by Crippen LogP contribution is 2.14. The summed E-state index contributed by atoms with van der Waals surface area (Å²) >= 11 is 0. The number of hydrogen-bond donors (Lipinski definition) is 1. The summed E-state index contributed by atoms with van der Waals surface area (Å²) in [7, 11) is 1.81. The number of amides is 1. The summed E-state index contributed by atoms with van der Waals surface area (Å²) in [5.74, 6) is -0.0439. The minimum Gasteiger partial charge on any atom is -0.384 e. The van der Waals surface area contributed by atoms with E-state index in [-0.39, 0.29) is 11.9 Å². The third-order valence-corrected chi connectivity index (χ3v) is 3.34. The van der Waals surface area contributed by atoms with Crippen molar-refractivity contribution in [1.82, 2.24) is 9.88 Å². The van der Waals surface area contributed by atoms with Gasteiger partial charge in [-0.2, -0.15) is 0 Å². The lowest BCUT2D eigenvalue weighted by atomic mass is 10.2. The molecule has 0 aromatic carbocycles. The van der Waals surface area contributed by atoms with Gasteiger partial charge in [-0.05, 0) is 25.0 Å². The van der Waals surface area contributed by atoms with E-state index in [0.29, 0.717) is 12.3 Å². The zero-order valence-corrected chi connectivity index (χ0v) is 11.6. The van der Waals surface area contributed by atoms with Gasteiger partial charge < -0.3 is 15.0 Å². The third-order valence-electron chi connectivity index (χ3n) is 3.34. The molecule has 1 aliphatic rings. The topological polar surface area (TPSA) is 54.5 Å². The highest BCUT2D eigenvalue weighted by molar-refractivity contribution is 5.92. The van der Waals surface area contributed by atoms with Gasteiger partial charge in [0.2, 0.25) is 0 Å². The molecular formula is C14H21N3O2. The second-order valence-corrected chi connectivity index (χ2v) is 4.79. The first-order chi connectivity index (χ1) is 9.22. The maximum absolute atomic E-state index is 12.2. The molecule has 2 rings (SSSR count).